The van der Waals surface area contributed by atoms with Crippen LogP contribution in [-0.2, 0) is 18.4 Å². The summed E-state index contributed by atoms with van der Waals surface area (Å²) in [6.45, 7) is 7.19. The molecule has 0 amide bonds. The standard InChI is InChI=1S/C17H25N5O/c1-13(2)7-6-8-14(3)9-10-22-12-21(4)17-15(22)16(20-23-5)18-11-19-17/h7,9,11-12H,6,8,10H2,1-5H3/b14-9+. The Hall–Kier alpha value is -2.21. The summed E-state index contributed by atoms with van der Waals surface area (Å²) in [5.41, 5.74) is 8.44. The molecule has 23 heavy (non-hydrogen) atoms. The quantitative estimate of drug-likeness (QED) is 0.446. The molecule has 0 aliphatic carbocycles. The molecule has 2 heterocycles. The molecule has 2 aromatic heterocycles. The zero-order valence-corrected chi connectivity index (χ0v) is 14.6. The highest BCUT2D eigenvalue weighted by Gasteiger charge is 2.14. The van der Waals surface area contributed by atoms with Crippen molar-refractivity contribution >= 4 is 17.0 Å². The molecule has 0 aromatic carbocycles. The van der Waals surface area contributed by atoms with Crippen LogP contribution in [0.4, 0.5) is 5.82 Å². The second-order valence-corrected chi connectivity index (χ2v) is 5.89. The van der Waals surface area contributed by atoms with E-state index in [9.17, 15) is 0 Å². The van der Waals surface area contributed by atoms with Gasteiger partial charge in [0, 0.05) is 12.9 Å². The van der Waals surface area contributed by atoms with Crippen LogP contribution in [0.5, 0.6) is 0 Å². The van der Waals surface area contributed by atoms with Crippen molar-refractivity contribution in [2.24, 2.45) is 7.05 Å². The van der Waals surface area contributed by atoms with Crippen molar-refractivity contribution in [3.05, 3.63) is 41.4 Å². The molecule has 0 N–H and O–H groups in total. The first kappa shape index (κ1) is 17.1. The molecular formula is C17H25N5O. The lowest BCUT2D eigenvalue weighted by Gasteiger charge is -2.11. The van der Waals surface area contributed by atoms with E-state index in [-0.39, 0.29) is 0 Å². The van der Waals surface area contributed by atoms with E-state index in [2.05, 4.69) is 52.9 Å². The third-order valence-electron chi connectivity index (χ3n) is 3.62. The van der Waals surface area contributed by atoms with Crippen molar-refractivity contribution in [2.75, 3.05) is 7.11 Å². The van der Waals surface area contributed by atoms with E-state index in [4.69, 9.17) is 4.84 Å². The summed E-state index contributed by atoms with van der Waals surface area (Å²) >= 11 is 0. The molecule has 0 spiro atoms. The summed E-state index contributed by atoms with van der Waals surface area (Å²) in [5, 5.41) is 0. The monoisotopic (exact) mass is 315 g/mol. The van der Waals surface area contributed by atoms with Crippen LogP contribution in [0.2, 0.25) is 0 Å². The third kappa shape index (κ3) is 4.39. The lowest BCUT2D eigenvalue weighted by molar-refractivity contribution is -0.647. The number of aryl methyl sites for hydroxylation is 1. The maximum absolute atomic E-state index is 4.89. The summed E-state index contributed by atoms with van der Waals surface area (Å²) in [5.74, 6) is 0.550. The first-order valence-electron chi connectivity index (χ1n) is 7.75. The van der Waals surface area contributed by atoms with E-state index in [0.717, 1.165) is 30.6 Å². The Bertz CT molecular complexity index is 726. The Balaban J connectivity index is 2.21. The number of aromatic nitrogens is 4. The van der Waals surface area contributed by atoms with Gasteiger partial charge in [0.2, 0.25) is 0 Å². The van der Waals surface area contributed by atoms with Crippen LogP contribution >= 0.6 is 0 Å². The first-order valence-corrected chi connectivity index (χ1v) is 7.75. The van der Waals surface area contributed by atoms with E-state index in [1.807, 2.05) is 17.9 Å². The zero-order valence-electron chi connectivity index (χ0n) is 14.6. The predicted octanol–water partition coefficient (Wildman–Crippen LogP) is 3.52. The Morgan fingerprint density at radius 1 is 1.30 bits per heavy atom. The third-order valence-corrected chi connectivity index (χ3v) is 3.62. The van der Waals surface area contributed by atoms with Gasteiger partial charge in [-0.25, -0.2) is 4.57 Å². The van der Waals surface area contributed by atoms with Gasteiger partial charge in [-0.1, -0.05) is 23.3 Å². The van der Waals surface area contributed by atoms with E-state index < -0.39 is 0 Å². The molecule has 0 aliphatic rings. The molecule has 2 aromatic rings. The highest BCUT2D eigenvalue weighted by molar-refractivity contribution is 5.81. The van der Waals surface area contributed by atoms with Crippen molar-refractivity contribution in [3.63, 3.8) is 0 Å². The molecule has 6 nitrogen and oxygen atoms in total. The molecule has 6 heteroatoms. The average Bonchev–Trinajstić information content (AvgIpc) is 2.83. The Labute approximate surface area is 137 Å². The lowest BCUT2D eigenvalue weighted by Crippen LogP contribution is -2.26. The highest BCUT2D eigenvalue weighted by Crippen LogP contribution is 2.24. The van der Waals surface area contributed by atoms with Crippen molar-refractivity contribution in [1.82, 2.24) is 14.5 Å². The van der Waals surface area contributed by atoms with E-state index in [1.54, 1.807) is 0 Å². The molecular weight excluding hydrogens is 290 g/mol. The second kappa shape index (κ2) is 7.87. The fourth-order valence-electron chi connectivity index (χ4n) is 2.43. The molecule has 2 rings (SSSR count). The molecule has 0 bridgehead atoms. The molecule has 124 valence electrons. The number of nitrogens with zero attached hydrogens (tertiary/aromatic N) is 5. The summed E-state index contributed by atoms with van der Waals surface area (Å²) in [4.78, 5) is 13.4. The van der Waals surface area contributed by atoms with Crippen LogP contribution in [0.15, 0.2) is 36.0 Å². The summed E-state index contributed by atoms with van der Waals surface area (Å²) in [6.07, 6.45) is 10.2. The maximum atomic E-state index is 4.89. The van der Waals surface area contributed by atoms with Crippen molar-refractivity contribution in [1.29, 1.82) is 0 Å². The number of allylic oxidation sites excluding steroid dienone is 4. The van der Waals surface area contributed by atoms with Crippen molar-refractivity contribution in [3.8, 4) is 0 Å². The largest absolute Gasteiger partial charge is 0.407 e. The van der Waals surface area contributed by atoms with E-state index in [1.165, 1.54) is 24.6 Å². The topological polar surface area (TPSA) is 57.9 Å². The van der Waals surface area contributed by atoms with Crippen LogP contribution in [-0.4, -0.2) is 21.6 Å². The van der Waals surface area contributed by atoms with Crippen LogP contribution in [0.25, 0.3) is 16.6 Å². The van der Waals surface area contributed by atoms with Crippen molar-refractivity contribution < 1.29 is 9.40 Å². The molecule has 0 radical (unpaired) electrons. The molecule has 0 saturated heterocycles. The second-order valence-electron chi connectivity index (χ2n) is 5.89. The van der Waals surface area contributed by atoms with Crippen LogP contribution in [0, 0.1) is 0 Å². The highest BCUT2D eigenvalue weighted by atomic mass is 16.6. The van der Waals surface area contributed by atoms with Gasteiger partial charge in [-0.05, 0) is 33.6 Å². The fourth-order valence-corrected chi connectivity index (χ4v) is 2.43. The minimum atomic E-state index is 0.550. The number of hydrogen-bond acceptors (Lipinski definition) is 3. The molecule has 0 unspecified atom stereocenters. The summed E-state index contributed by atoms with van der Waals surface area (Å²) in [6, 6.07) is 0. The smallest absolute Gasteiger partial charge is 0.300 e. The number of fused-ring (bicyclic) bond motifs is 1. The zero-order chi connectivity index (χ0) is 16.8. The van der Waals surface area contributed by atoms with Gasteiger partial charge in [0.25, 0.3) is 0 Å². The Morgan fingerprint density at radius 2 is 2.09 bits per heavy atom. The minimum absolute atomic E-state index is 0.550. The molecule has 0 aliphatic heterocycles. The number of hydrogen-bond donors (Lipinski definition) is 0. The lowest BCUT2D eigenvalue weighted by atomic mass is 10.1. The van der Waals surface area contributed by atoms with Gasteiger partial charge in [-0.2, -0.15) is 0 Å². The summed E-state index contributed by atoms with van der Waals surface area (Å²) < 4.78 is 4.07. The van der Waals surface area contributed by atoms with Crippen LogP contribution in [0.1, 0.15) is 33.6 Å². The van der Waals surface area contributed by atoms with Gasteiger partial charge < -0.3 is 15.3 Å². The van der Waals surface area contributed by atoms with Crippen molar-refractivity contribution in [2.45, 2.75) is 40.2 Å². The van der Waals surface area contributed by atoms with E-state index >= 15 is 0 Å². The van der Waals surface area contributed by atoms with Gasteiger partial charge >= 0.3 is 5.65 Å². The molecule has 0 fully saturated rings. The van der Waals surface area contributed by atoms with E-state index in [0.29, 0.717) is 5.82 Å². The molecule has 0 atom stereocenters. The summed E-state index contributed by atoms with van der Waals surface area (Å²) in [7, 11) is 3.49. The maximum Gasteiger partial charge on any atom is 0.300 e. The fraction of sp³-hybridized carbons (Fsp3) is 0.471. The predicted molar refractivity (Wildman–Crippen MR) is 91.2 cm³/mol. The van der Waals surface area contributed by atoms with Gasteiger partial charge in [0.1, 0.15) is 0 Å². The first-order chi connectivity index (χ1) is 11.0. The number of imidazole rings is 1. The Kier molecular flexibility index (Phi) is 5.87. The molecule has 0 saturated carbocycles. The van der Waals surface area contributed by atoms with Gasteiger partial charge in [-0.3, -0.25) is 4.57 Å². The average molecular weight is 315 g/mol. The Morgan fingerprint density at radius 3 is 2.78 bits per heavy atom. The number of rotatable bonds is 7. The normalized spacial score (nSPS) is 11.8. The minimum Gasteiger partial charge on any atom is -0.407 e. The van der Waals surface area contributed by atoms with Gasteiger partial charge in [-0.15, -0.1) is 4.98 Å². The van der Waals surface area contributed by atoms with Gasteiger partial charge in [0.15, 0.2) is 11.8 Å². The van der Waals surface area contributed by atoms with Gasteiger partial charge in [0.05, 0.1) is 19.9 Å². The van der Waals surface area contributed by atoms with Crippen LogP contribution < -0.4 is 4.57 Å². The van der Waals surface area contributed by atoms with Crippen LogP contribution in [0.3, 0.4) is 0 Å². The SMILES string of the molecule is CO[N-]c1ncnc2c1n(C/C=C(\C)CCC=C(C)C)c[n+]2C.